The smallest absolute Gasteiger partial charge is 0.119 e. The third-order valence-corrected chi connectivity index (χ3v) is 3.11. The first kappa shape index (κ1) is 13.6. The molecule has 0 aliphatic carbocycles. The fourth-order valence-corrected chi connectivity index (χ4v) is 2.03. The third kappa shape index (κ3) is 4.76. The summed E-state index contributed by atoms with van der Waals surface area (Å²) in [6.45, 7) is 1.33. The van der Waals surface area contributed by atoms with Crippen molar-refractivity contribution in [3.05, 3.63) is 65.7 Å². The molecule has 0 aromatic heterocycles. The molecule has 100 valence electrons. The molecular formula is C17H21NO. The Morgan fingerprint density at radius 3 is 2.42 bits per heavy atom. The fraction of sp³-hybridized carbons (Fsp3) is 0.294. The lowest BCUT2D eigenvalue weighted by molar-refractivity contribution is 0.306. The number of hydrogen-bond donors (Lipinski definition) is 1. The summed E-state index contributed by atoms with van der Waals surface area (Å²) in [5.41, 5.74) is 8.11. The summed E-state index contributed by atoms with van der Waals surface area (Å²) in [5.74, 6) is 0.919. The number of rotatable bonds is 7. The van der Waals surface area contributed by atoms with E-state index in [0.717, 1.165) is 37.2 Å². The van der Waals surface area contributed by atoms with Crippen LogP contribution in [-0.2, 0) is 13.0 Å². The van der Waals surface area contributed by atoms with E-state index in [1.165, 1.54) is 5.56 Å². The highest BCUT2D eigenvalue weighted by Gasteiger charge is 1.96. The van der Waals surface area contributed by atoms with E-state index in [2.05, 4.69) is 30.3 Å². The molecular weight excluding hydrogens is 234 g/mol. The number of ether oxygens (including phenoxy) is 1. The van der Waals surface area contributed by atoms with E-state index >= 15 is 0 Å². The summed E-state index contributed by atoms with van der Waals surface area (Å²) in [4.78, 5) is 0. The van der Waals surface area contributed by atoms with Gasteiger partial charge in [-0.25, -0.2) is 0 Å². The lowest BCUT2D eigenvalue weighted by Crippen LogP contribution is -2.00. The van der Waals surface area contributed by atoms with Gasteiger partial charge >= 0.3 is 0 Å². The molecule has 2 nitrogen and oxygen atoms in total. The molecule has 0 saturated heterocycles. The van der Waals surface area contributed by atoms with Crippen LogP contribution >= 0.6 is 0 Å². The molecule has 2 aromatic rings. The summed E-state index contributed by atoms with van der Waals surface area (Å²) in [5, 5.41) is 0. The maximum absolute atomic E-state index is 5.73. The van der Waals surface area contributed by atoms with E-state index in [4.69, 9.17) is 10.5 Å². The predicted molar refractivity (Wildman–Crippen MR) is 79.2 cm³/mol. The van der Waals surface area contributed by atoms with Crippen molar-refractivity contribution >= 4 is 0 Å². The molecule has 2 aromatic carbocycles. The number of unbranched alkanes of at least 4 members (excludes halogenated alkanes) is 1. The van der Waals surface area contributed by atoms with Gasteiger partial charge in [-0.3, -0.25) is 0 Å². The molecule has 2 rings (SSSR count). The molecule has 0 aliphatic rings. The zero-order valence-corrected chi connectivity index (χ0v) is 11.2. The van der Waals surface area contributed by atoms with E-state index in [0.29, 0.717) is 6.54 Å². The lowest BCUT2D eigenvalue weighted by atomic mass is 10.1. The summed E-state index contributed by atoms with van der Waals surface area (Å²) < 4.78 is 5.73. The summed E-state index contributed by atoms with van der Waals surface area (Å²) in [7, 11) is 0. The van der Waals surface area contributed by atoms with Gasteiger partial charge in [0.2, 0.25) is 0 Å². The van der Waals surface area contributed by atoms with E-state index in [-0.39, 0.29) is 0 Å². The average molecular weight is 255 g/mol. The van der Waals surface area contributed by atoms with Crippen molar-refractivity contribution < 1.29 is 4.74 Å². The van der Waals surface area contributed by atoms with Gasteiger partial charge in [-0.1, -0.05) is 42.5 Å². The molecule has 0 saturated carbocycles. The molecule has 0 unspecified atom stereocenters. The fourth-order valence-electron chi connectivity index (χ4n) is 2.03. The van der Waals surface area contributed by atoms with Crippen LogP contribution in [0.25, 0.3) is 0 Å². The van der Waals surface area contributed by atoms with Gasteiger partial charge in [-0.15, -0.1) is 0 Å². The van der Waals surface area contributed by atoms with Crippen LogP contribution in [0.2, 0.25) is 0 Å². The normalized spacial score (nSPS) is 10.4. The van der Waals surface area contributed by atoms with Crippen molar-refractivity contribution in [1.82, 2.24) is 0 Å². The number of hydrogen-bond acceptors (Lipinski definition) is 2. The Morgan fingerprint density at radius 1 is 0.842 bits per heavy atom. The summed E-state index contributed by atoms with van der Waals surface area (Å²) in [6, 6.07) is 18.6. The predicted octanol–water partition coefficient (Wildman–Crippen LogP) is 3.55. The van der Waals surface area contributed by atoms with Gasteiger partial charge in [-0.2, -0.15) is 0 Å². The number of nitrogens with two attached hydrogens (primary N) is 1. The second-order valence-electron chi connectivity index (χ2n) is 4.64. The Morgan fingerprint density at radius 2 is 1.63 bits per heavy atom. The van der Waals surface area contributed by atoms with E-state index in [9.17, 15) is 0 Å². The number of benzene rings is 2. The van der Waals surface area contributed by atoms with Gasteiger partial charge in [0.1, 0.15) is 5.75 Å². The van der Waals surface area contributed by atoms with Crippen LogP contribution < -0.4 is 10.5 Å². The second-order valence-corrected chi connectivity index (χ2v) is 4.64. The van der Waals surface area contributed by atoms with E-state index < -0.39 is 0 Å². The molecule has 0 aliphatic heterocycles. The maximum atomic E-state index is 5.73. The summed E-state index contributed by atoms with van der Waals surface area (Å²) >= 11 is 0. The minimum atomic E-state index is 0.561. The Bertz CT molecular complexity index is 482. The van der Waals surface area contributed by atoms with Crippen molar-refractivity contribution in [2.24, 2.45) is 5.73 Å². The van der Waals surface area contributed by atoms with Crippen molar-refractivity contribution in [2.45, 2.75) is 25.8 Å². The molecule has 0 atom stereocenters. The van der Waals surface area contributed by atoms with E-state index in [1.807, 2.05) is 24.3 Å². The van der Waals surface area contributed by atoms with Crippen LogP contribution in [0.5, 0.6) is 5.75 Å². The van der Waals surface area contributed by atoms with Gasteiger partial charge in [0.25, 0.3) is 0 Å². The lowest BCUT2D eigenvalue weighted by Gasteiger charge is -2.07. The minimum Gasteiger partial charge on any atom is -0.494 e. The van der Waals surface area contributed by atoms with Gasteiger partial charge < -0.3 is 10.5 Å². The maximum Gasteiger partial charge on any atom is 0.119 e. The highest BCUT2D eigenvalue weighted by atomic mass is 16.5. The van der Waals surface area contributed by atoms with Crippen LogP contribution in [0, 0.1) is 0 Å². The molecule has 0 amide bonds. The van der Waals surface area contributed by atoms with Crippen LogP contribution in [0.1, 0.15) is 24.0 Å². The highest BCUT2D eigenvalue weighted by Crippen LogP contribution is 2.13. The summed E-state index contributed by atoms with van der Waals surface area (Å²) in [6.07, 6.45) is 3.34. The van der Waals surface area contributed by atoms with Crippen molar-refractivity contribution in [1.29, 1.82) is 0 Å². The van der Waals surface area contributed by atoms with Crippen molar-refractivity contribution in [2.75, 3.05) is 6.61 Å². The van der Waals surface area contributed by atoms with Gasteiger partial charge in [0.15, 0.2) is 0 Å². The largest absolute Gasteiger partial charge is 0.494 e. The Hall–Kier alpha value is -1.80. The van der Waals surface area contributed by atoms with Crippen LogP contribution in [0.3, 0.4) is 0 Å². The first-order valence-corrected chi connectivity index (χ1v) is 6.84. The minimum absolute atomic E-state index is 0.561. The molecule has 0 spiro atoms. The van der Waals surface area contributed by atoms with Gasteiger partial charge in [-0.05, 0) is 42.5 Å². The monoisotopic (exact) mass is 255 g/mol. The molecule has 19 heavy (non-hydrogen) atoms. The van der Waals surface area contributed by atoms with Crippen LogP contribution in [0.4, 0.5) is 0 Å². The van der Waals surface area contributed by atoms with Crippen LogP contribution in [-0.4, -0.2) is 6.61 Å². The van der Waals surface area contributed by atoms with E-state index in [1.54, 1.807) is 0 Å². The SMILES string of the molecule is NCc1cccc(OCCCCc2ccccc2)c1. The molecule has 0 radical (unpaired) electrons. The molecule has 2 heteroatoms. The quantitative estimate of drug-likeness (QED) is 0.768. The third-order valence-electron chi connectivity index (χ3n) is 3.11. The van der Waals surface area contributed by atoms with Crippen LogP contribution in [0.15, 0.2) is 54.6 Å². The number of aryl methyl sites for hydroxylation is 1. The topological polar surface area (TPSA) is 35.2 Å². The zero-order chi connectivity index (χ0) is 13.3. The molecule has 2 N–H and O–H groups in total. The second kappa shape index (κ2) is 7.59. The average Bonchev–Trinajstić information content (AvgIpc) is 2.48. The van der Waals surface area contributed by atoms with Crippen molar-refractivity contribution in [3.8, 4) is 5.75 Å². The first-order chi connectivity index (χ1) is 9.38. The van der Waals surface area contributed by atoms with Gasteiger partial charge in [0, 0.05) is 6.54 Å². The Labute approximate surface area is 115 Å². The molecule has 0 fully saturated rings. The first-order valence-electron chi connectivity index (χ1n) is 6.84. The van der Waals surface area contributed by atoms with Crippen molar-refractivity contribution in [3.63, 3.8) is 0 Å². The molecule has 0 bridgehead atoms. The standard InChI is InChI=1S/C17H21NO/c18-14-16-10-6-11-17(13-16)19-12-5-4-9-15-7-2-1-3-8-15/h1-3,6-8,10-11,13H,4-5,9,12,14,18H2. The van der Waals surface area contributed by atoms with Gasteiger partial charge in [0.05, 0.1) is 6.61 Å². The Balaban J connectivity index is 1.66. The Kier molecular flexibility index (Phi) is 5.45. The highest BCUT2D eigenvalue weighted by molar-refractivity contribution is 5.28. The zero-order valence-electron chi connectivity index (χ0n) is 11.2. The molecule has 0 heterocycles.